The van der Waals surface area contributed by atoms with Gasteiger partial charge in [0.2, 0.25) is 5.95 Å². The summed E-state index contributed by atoms with van der Waals surface area (Å²) in [5.74, 6) is 1.22. The number of nitrogens with zero attached hydrogens (tertiary/aromatic N) is 2. The number of hydrogen-bond donors (Lipinski definition) is 2. The molecule has 6 nitrogen and oxygen atoms in total. The van der Waals surface area contributed by atoms with Crippen LogP contribution in [0.15, 0.2) is 84.1 Å². The summed E-state index contributed by atoms with van der Waals surface area (Å²) >= 11 is 6.30. The van der Waals surface area contributed by atoms with E-state index in [0.29, 0.717) is 22.2 Å². The summed E-state index contributed by atoms with van der Waals surface area (Å²) in [6, 6.07) is 22.5. The topological polar surface area (TPSA) is 68.2 Å². The van der Waals surface area contributed by atoms with Crippen molar-refractivity contribution in [3.63, 3.8) is 0 Å². The standard InChI is InChI=1S/C25H21ClN4O2/c1-15-22(24(31)28-19-8-4-3-7-18(19)26)23(16-11-13-17(32-2)14-12-16)30-21-10-6-5-9-20(21)29-25(30)27-15/h3-14,23H,1-2H3,(H,27,29)(H,28,31)/t23-/m0/s1. The Bertz CT molecular complexity index is 1360. The van der Waals surface area contributed by atoms with E-state index in [9.17, 15) is 4.79 Å². The summed E-state index contributed by atoms with van der Waals surface area (Å²) < 4.78 is 7.39. The van der Waals surface area contributed by atoms with Crippen molar-refractivity contribution >= 4 is 40.2 Å². The zero-order valence-electron chi connectivity index (χ0n) is 17.6. The van der Waals surface area contributed by atoms with Crippen molar-refractivity contribution in [2.45, 2.75) is 13.0 Å². The first-order valence-electron chi connectivity index (χ1n) is 10.2. The first-order chi connectivity index (χ1) is 15.6. The van der Waals surface area contributed by atoms with E-state index in [1.807, 2.05) is 67.6 Å². The molecule has 0 saturated carbocycles. The number of rotatable bonds is 4. The second kappa shape index (κ2) is 8.05. The fourth-order valence-corrected chi connectivity index (χ4v) is 4.29. The van der Waals surface area contributed by atoms with E-state index in [4.69, 9.17) is 21.3 Å². The summed E-state index contributed by atoms with van der Waals surface area (Å²) in [6.07, 6.45) is 0. The van der Waals surface area contributed by atoms with Crippen LogP contribution in [0.5, 0.6) is 5.75 Å². The Morgan fingerprint density at radius 2 is 1.78 bits per heavy atom. The SMILES string of the molecule is COc1ccc([C@H]2C(C(=O)Nc3ccccc3Cl)=C(C)Nc3nc4ccccc4n32)cc1. The van der Waals surface area contributed by atoms with Crippen LogP contribution in [-0.4, -0.2) is 22.6 Å². The molecule has 4 aromatic rings. The number of hydrogen-bond acceptors (Lipinski definition) is 4. The fourth-order valence-electron chi connectivity index (χ4n) is 4.11. The Balaban J connectivity index is 1.66. The zero-order valence-corrected chi connectivity index (χ0v) is 18.4. The molecule has 0 aliphatic carbocycles. The van der Waals surface area contributed by atoms with Gasteiger partial charge in [0.25, 0.3) is 5.91 Å². The molecule has 1 aromatic heterocycles. The van der Waals surface area contributed by atoms with Gasteiger partial charge in [-0.2, -0.15) is 0 Å². The number of amides is 1. The van der Waals surface area contributed by atoms with Gasteiger partial charge in [0.15, 0.2) is 0 Å². The molecule has 0 bridgehead atoms. The van der Waals surface area contributed by atoms with E-state index in [0.717, 1.165) is 28.0 Å². The van der Waals surface area contributed by atoms with Crippen molar-refractivity contribution in [1.29, 1.82) is 0 Å². The molecule has 3 aromatic carbocycles. The van der Waals surface area contributed by atoms with Gasteiger partial charge in [0.05, 0.1) is 40.5 Å². The van der Waals surface area contributed by atoms with Crippen LogP contribution in [0, 0.1) is 0 Å². The van der Waals surface area contributed by atoms with E-state index in [-0.39, 0.29) is 11.9 Å². The van der Waals surface area contributed by atoms with Crippen LogP contribution < -0.4 is 15.4 Å². The van der Waals surface area contributed by atoms with Crippen LogP contribution in [0.25, 0.3) is 11.0 Å². The van der Waals surface area contributed by atoms with E-state index in [1.54, 1.807) is 19.2 Å². The maximum absolute atomic E-state index is 13.6. The summed E-state index contributed by atoms with van der Waals surface area (Å²) in [6.45, 7) is 1.89. The number of para-hydroxylation sites is 3. The van der Waals surface area contributed by atoms with Crippen molar-refractivity contribution in [2.24, 2.45) is 0 Å². The minimum atomic E-state index is -0.382. The Kier molecular flexibility index (Phi) is 5.07. The molecule has 0 saturated heterocycles. The number of aromatic nitrogens is 2. The predicted molar refractivity (Wildman–Crippen MR) is 127 cm³/mol. The first kappa shape index (κ1) is 20.2. The molecule has 0 radical (unpaired) electrons. The number of imidazole rings is 1. The number of methoxy groups -OCH3 is 1. The third-order valence-corrected chi connectivity index (χ3v) is 5.96. The van der Waals surface area contributed by atoms with Gasteiger partial charge < -0.3 is 15.4 Å². The molecular weight excluding hydrogens is 424 g/mol. The van der Waals surface area contributed by atoms with Gasteiger partial charge in [-0.1, -0.05) is 48.0 Å². The highest BCUT2D eigenvalue weighted by atomic mass is 35.5. The van der Waals surface area contributed by atoms with Gasteiger partial charge >= 0.3 is 0 Å². The fraction of sp³-hybridized carbons (Fsp3) is 0.120. The molecule has 0 spiro atoms. The molecule has 1 aliphatic rings. The number of nitrogens with one attached hydrogen (secondary N) is 2. The highest BCUT2D eigenvalue weighted by Crippen LogP contribution is 2.40. The summed E-state index contributed by atoms with van der Waals surface area (Å²) in [5, 5.41) is 6.78. The number of fused-ring (bicyclic) bond motifs is 3. The summed E-state index contributed by atoms with van der Waals surface area (Å²) in [7, 11) is 1.63. The molecule has 5 rings (SSSR count). The van der Waals surface area contributed by atoms with Crippen LogP contribution in [0.3, 0.4) is 0 Å². The monoisotopic (exact) mass is 444 g/mol. The van der Waals surface area contributed by atoms with Gasteiger partial charge in [-0.15, -0.1) is 0 Å². The van der Waals surface area contributed by atoms with E-state index < -0.39 is 0 Å². The molecule has 1 atom stereocenters. The molecular formula is C25H21ClN4O2. The van der Waals surface area contributed by atoms with Crippen LogP contribution in [-0.2, 0) is 4.79 Å². The number of carbonyl (C=O) groups excluding carboxylic acids is 1. The van der Waals surface area contributed by atoms with Gasteiger partial charge in [0.1, 0.15) is 5.75 Å². The van der Waals surface area contributed by atoms with Gasteiger partial charge in [-0.3, -0.25) is 9.36 Å². The molecule has 0 fully saturated rings. The third-order valence-electron chi connectivity index (χ3n) is 5.63. The molecule has 2 heterocycles. The van der Waals surface area contributed by atoms with Crippen molar-refractivity contribution in [3.05, 3.63) is 94.7 Å². The summed E-state index contributed by atoms with van der Waals surface area (Å²) in [5.41, 5.74) is 4.62. The Morgan fingerprint density at radius 1 is 1.06 bits per heavy atom. The highest BCUT2D eigenvalue weighted by Gasteiger charge is 2.34. The average Bonchev–Trinajstić information content (AvgIpc) is 3.17. The largest absolute Gasteiger partial charge is 0.497 e. The third kappa shape index (κ3) is 3.39. The number of benzene rings is 3. The second-order valence-corrected chi connectivity index (χ2v) is 7.97. The van der Waals surface area contributed by atoms with Gasteiger partial charge in [-0.05, 0) is 48.9 Å². The predicted octanol–water partition coefficient (Wildman–Crippen LogP) is 5.63. The van der Waals surface area contributed by atoms with E-state index in [2.05, 4.69) is 15.2 Å². The van der Waals surface area contributed by atoms with Crippen molar-refractivity contribution in [1.82, 2.24) is 9.55 Å². The lowest BCUT2D eigenvalue weighted by atomic mass is 9.94. The van der Waals surface area contributed by atoms with E-state index in [1.165, 1.54) is 0 Å². The molecule has 1 amide bonds. The van der Waals surface area contributed by atoms with Crippen molar-refractivity contribution < 1.29 is 9.53 Å². The molecule has 32 heavy (non-hydrogen) atoms. The lowest BCUT2D eigenvalue weighted by Gasteiger charge is -2.31. The Hall–Kier alpha value is -3.77. The Morgan fingerprint density at radius 3 is 2.53 bits per heavy atom. The maximum atomic E-state index is 13.6. The molecule has 7 heteroatoms. The normalized spacial score (nSPS) is 15.3. The lowest BCUT2D eigenvalue weighted by Crippen LogP contribution is -2.31. The van der Waals surface area contributed by atoms with Crippen molar-refractivity contribution in [3.8, 4) is 5.75 Å². The maximum Gasteiger partial charge on any atom is 0.255 e. The number of halogens is 1. The second-order valence-electron chi connectivity index (χ2n) is 7.57. The number of carbonyl (C=O) groups is 1. The van der Waals surface area contributed by atoms with Gasteiger partial charge in [0, 0.05) is 5.70 Å². The van der Waals surface area contributed by atoms with Crippen molar-refractivity contribution in [2.75, 3.05) is 17.7 Å². The quantitative estimate of drug-likeness (QED) is 0.428. The first-order valence-corrected chi connectivity index (χ1v) is 10.6. The number of allylic oxidation sites excluding steroid dienone is 1. The average molecular weight is 445 g/mol. The zero-order chi connectivity index (χ0) is 22.2. The van der Waals surface area contributed by atoms with E-state index >= 15 is 0 Å². The van der Waals surface area contributed by atoms with Gasteiger partial charge in [-0.25, -0.2) is 4.98 Å². The van der Waals surface area contributed by atoms with Crippen LogP contribution >= 0.6 is 11.6 Å². The van der Waals surface area contributed by atoms with Crippen LogP contribution in [0.2, 0.25) is 5.02 Å². The highest BCUT2D eigenvalue weighted by molar-refractivity contribution is 6.33. The smallest absolute Gasteiger partial charge is 0.255 e. The molecule has 160 valence electrons. The Labute approximate surface area is 190 Å². The minimum absolute atomic E-state index is 0.229. The lowest BCUT2D eigenvalue weighted by molar-refractivity contribution is -0.113. The van der Waals surface area contributed by atoms with Crippen LogP contribution in [0.1, 0.15) is 18.5 Å². The molecule has 2 N–H and O–H groups in total. The minimum Gasteiger partial charge on any atom is -0.497 e. The number of ether oxygens (including phenoxy) is 1. The number of anilines is 2. The molecule has 0 unspecified atom stereocenters. The summed E-state index contributed by atoms with van der Waals surface area (Å²) in [4.78, 5) is 18.3. The molecule has 1 aliphatic heterocycles. The van der Waals surface area contributed by atoms with Crippen LogP contribution in [0.4, 0.5) is 11.6 Å².